The lowest BCUT2D eigenvalue weighted by molar-refractivity contribution is -0.0565. The number of ether oxygens (including phenoxy) is 5. The maximum atomic E-state index is 12.8. The SMILES string of the molecule is COc1cc(C(=O)OC[C@H]2O[C@@H](n3cnc4c(NC5CCCC5)ncnc43)[C@H](O)[C@@H]2O)cc(OC)c1OC. The van der Waals surface area contributed by atoms with Crippen LogP contribution in [0.4, 0.5) is 5.82 Å². The first-order valence-electron chi connectivity index (χ1n) is 12.4. The van der Waals surface area contributed by atoms with Gasteiger partial charge in [0.2, 0.25) is 5.75 Å². The highest BCUT2D eigenvalue weighted by molar-refractivity contribution is 5.91. The van der Waals surface area contributed by atoms with Gasteiger partial charge >= 0.3 is 5.97 Å². The second-order valence-electron chi connectivity index (χ2n) is 9.23. The highest BCUT2D eigenvalue weighted by atomic mass is 16.6. The van der Waals surface area contributed by atoms with Gasteiger partial charge in [-0.3, -0.25) is 4.57 Å². The molecule has 38 heavy (non-hydrogen) atoms. The zero-order valence-electron chi connectivity index (χ0n) is 21.4. The van der Waals surface area contributed by atoms with Crippen LogP contribution in [0, 0.1) is 0 Å². The fourth-order valence-electron chi connectivity index (χ4n) is 4.94. The molecule has 13 heteroatoms. The Morgan fingerprint density at radius 3 is 2.42 bits per heavy atom. The zero-order valence-corrected chi connectivity index (χ0v) is 21.4. The number of nitrogens with zero attached hydrogens (tertiary/aromatic N) is 4. The number of nitrogens with one attached hydrogen (secondary N) is 1. The molecule has 4 atom stereocenters. The van der Waals surface area contributed by atoms with E-state index in [1.807, 2.05) is 0 Å². The predicted molar refractivity (Wildman–Crippen MR) is 134 cm³/mol. The largest absolute Gasteiger partial charge is 0.493 e. The van der Waals surface area contributed by atoms with E-state index in [-0.39, 0.29) is 12.2 Å². The van der Waals surface area contributed by atoms with Crippen molar-refractivity contribution >= 4 is 23.0 Å². The van der Waals surface area contributed by atoms with Crippen LogP contribution in [0.3, 0.4) is 0 Å². The van der Waals surface area contributed by atoms with Gasteiger partial charge in [0.15, 0.2) is 34.7 Å². The van der Waals surface area contributed by atoms with Crippen molar-refractivity contribution in [1.29, 1.82) is 0 Å². The third kappa shape index (κ3) is 4.79. The second-order valence-corrected chi connectivity index (χ2v) is 9.23. The fraction of sp³-hybridized carbons (Fsp3) is 0.520. The van der Waals surface area contributed by atoms with Crippen molar-refractivity contribution in [3.63, 3.8) is 0 Å². The van der Waals surface area contributed by atoms with Crippen LogP contribution in [0.5, 0.6) is 17.2 Å². The first kappa shape index (κ1) is 25.9. The number of aliphatic hydroxyl groups is 2. The molecule has 3 N–H and O–H groups in total. The number of aliphatic hydroxyl groups excluding tert-OH is 2. The molecule has 2 aliphatic rings. The summed E-state index contributed by atoms with van der Waals surface area (Å²) >= 11 is 0. The summed E-state index contributed by atoms with van der Waals surface area (Å²) in [6.07, 6.45) is 2.79. The van der Waals surface area contributed by atoms with Crippen LogP contribution < -0.4 is 19.5 Å². The van der Waals surface area contributed by atoms with Gasteiger partial charge in [0.1, 0.15) is 31.2 Å². The number of imidazole rings is 1. The number of hydrogen-bond acceptors (Lipinski definition) is 12. The normalized spacial score (nSPS) is 23.5. The van der Waals surface area contributed by atoms with Crippen LogP contribution in [0.1, 0.15) is 42.3 Å². The van der Waals surface area contributed by atoms with E-state index >= 15 is 0 Å². The Hall–Kier alpha value is -3.68. The molecule has 13 nitrogen and oxygen atoms in total. The molecule has 5 rings (SSSR count). The second kappa shape index (κ2) is 11.0. The molecule has 3 heterocycles. The lowest BCUT2D eigenvalue weighted by atomic mass is 10.1. The lowest BCUT2D eigenvalue weighted by Crippen LogP contribution is -2.34. The zero-order chi connectivity index (χ0) is 26.8. The van der Waals surface area contributed by atoms with E-state index in [0.29, 0.717) is 40.3 Å². The van der Waals surface area contributed by atoms with Gasteiger partial charge in [-0.05, 0) is 25.0 Å². The quantitative estimate of drug-likeness (QED) is 0.345. The molecular formula is C25H31N5O8. The molecule has 0 bridgehead atoms. The third-order valence-corrected chi connectivity index (χ3v) is 6.95. The minimum atomic E-state index is -1.32. The summed E-state index contributed by atoms with van der Waals surface area (Å²) in [6.45, 7) is -0.305. The Labute approximate surface area is 218 Å². The van der Waals surface area contributed by atoms with Gasteiger partial charge < -0.3 is 39.2 Å². The standard InChI is InChI=1S/C25H31N5O8/c1-34-15-8-13(9-16(35-2)21(15)36-3)25(33)37-10-17-19(31)20(32)24(38-17)30-12-28-18-22(26-11-27-23(18)30)29-14-6-4-5-7-14/h8-9,11-12,14,17,19-20,24,31-32H,4-7,10H2,1-3H3,(H,26,27,29)/t17-,19-,20-,24-/m1/s1. The smallest absolute Gasteiger partial charge is 0.338 e. The maximum Gasteiger partial charge on any atom is 0.338 e. The molecule has 3 aromatic rings. The van der Waals surface area contributed by atoms with Crippen LogP contribution in [-0.2, 0) is 9.47 Å². The summed E-state index contributed by atoms with van der Waals surface area (Å²) in [4.78, 5) is 25.9. The Kier molecular flexibility index (Phi) is 7.49. The number of esters is 1. The van der Waals surface area contributed by atoms with Crippen LogP contribution in [0.15, 0.2) is 24.8 Å². The minimum absolute atomic E-state index is 0.156. The van der Waals surface area contributed by atoms with Crippen molar-refractivity contribution in [2.24, 2.45) is 0 Å². The van der Waals surface area contributed by atoms with Gasteiger partial charge in [0.25, 0.3) is 0 Å². The monoisotopic (exact) mass is 529 g/mol. The molecule has 1 saturated heterocycles. The number of anilines is 1. The molecule has 204 valence electrons. The summed E-state index contributed by atoms with van der Waals surface area (Å²) in [7, 11) is 4.34. The van der Waals surface area contributed by atoms with E-state index in [4.69, 9.17) is 23.7 Å². The first-order valence-corrected chi connectivity index (χ1v) is 12.4. The molecule has 0 unspecified atom stereocenters. The third-order valence-electron chi connectivity index (χ3n) is 6.95. The molecule has 1 saturated carbocycles. The fourth-order valence-corrected chi connectivity index (χ4v) is 4.94. The van der Waals surface area contributed by atoms with Crippen LogP contribution in [0.2, 0.25) is 0 Å². The van der Waals surface area contributed by atoms with Crippen molar-refractivity contribution in [1.82, 2.24) is 19.5 Å². The molecular weight excluding hydrogens is 498 g/mol. The Morgan fingerprint density at radius 2 is 1.76 bits per heavy atom. The topological polar surface area (TPSA) is 159 Å². The number of methoxy groups -OCH3 is 3. The molecule has 2 fully saturated rings. The molecule has 1 aliphatic heterocycles. The van der Waals surface area contributed by atoms with Gasteiger partial charge in [-0.25, -0.2) is 19.7 Å². The Bertz CT molecular complexity index is 1270. The Balaban J connectivity index is 1.29. The van der Waals surface area contributed by atoms with Crippen molar-refractivity contribution in [3.8, 4) is 17.2 Å². The van der Waals surface area contributed by atoms with Crippen LogP contribution in [0.25, 0.3) is 11.2 Å². The predicted octanol–water partition coefficient (Wildman–Crippen LogP) is 1.68. The van der Waals surface area contributed by atoms with Crippen molar-refractivity contribution in [2.45, 2.75) is 56.3 Å². The van der Waals surface area contributed by atoms with E-state index < -0.39 is 30.5 Å². The number of carbonyl (C=O) groups is 1. The first-order chi connectivity index (χ1) is 18.4. The van der Waals surface area contributed by atoms with Gasteiger partial charge in [-0.1, -0.05) is 12.8 Å². The summed E-state index contributed by atoms with van der Waals surface area (Å²) in [5, 5.41) is 24.8. The molecule has 0 radical (unpaired) electrons. The highest BCUT2D eigenvalue weighted by Crippen LogP contribution is 2.38. The Morgan fingerprint density at radius 1 is 1.05 bits per heavy atom. The van der Waals surface area contributed by atoms with Gasteiger partial charge in [-0.2, -0.15) is 0 Å². The number of hydrogen-bond donors (Lipinski definition) is 3. The average Bonchev–Trinajstić information content (AvgIpc) is 3.67. The number of benzene rings is 1. The number of carbonyl (C=O) groups excluding carboxylic acids is 1. The summed E-state index contributed by atoms with van der Waals surface area (Å²) in [5.74, 6) is 0.848. The van der Waals surface area contributed by atoms with Crippen LogP contribution >= 0.6 is 0 Å². The van der Waals surface area contributed by atoms with E-state index in [1.54, 1.807) is 4.57 Å². The number of fused-ring (bicyclic) bond motifs is 1. The van der Waals surface area contributed by atoms with E-state index in [1.165, 1.54) is 59.0 Å². The number of aromatic nitrogens is 4. The van der Waals surface area contributed by atoms with E-state index in [2.05, 4.69) is 20.3 Å². The van der Waals surface area contributed by atoms with E-state index in [9.17, 15) is 15.0 Å². The number of rotatable bonds is 9. The molecule has 1 aromatic carbocycles. The average molecular weight is 530 g/mol. The van der Waals surface area contributed by atoms with Crippen LogP contribution in [-0.4, -0.2) is 88.0 Å². The molecule has 0 spiro atoms. The molecule has 2 aromatic heterocycles. The molecule has 0 amide bonds. The van der Waals surface area contributed by atoms with Crippen molar-refractivity contribution < 1.29 is 38.7 Å². The summed E-state index contributed by atoms with van der Waals surface area (Å²) in [6, 6.07) is 3.25. The van der Waals surface area contributed by atoms with Gasteiger partial charge in [0.05, 0.1) is 33.2 Å². The highest BCUT2D eigenvalue weighted by Gasteiger charge is 2.45. The van der Waals surface area contributed by atoms with E-state index in [0.717, 1.165) is 12.8 Å². The van der Waals surface area contributed by atoms with Crippen molar-refractivity contribution in [3.05, 3.63) is 30.4 Å². The van der Waals surface area contributed by atoms with Crippen molar-refractivity contribution in [2.75, 3.05) is 33.3 Å². The minimum Gasteiger partial charge on any atom is -0.493 e. The van der Waals surface area contributed by atoms with Gasteiger partial charge in [0, 0.05) is 6.04 Å². The lowest BCUT2D eigenvalue weighted by Gasteiger charge is -2.17. The summed E-state index contributed by atoms with van der Waals surface area (Å²) < 4.78 is 28.7. The molecule has 1 aliphatic carbocycles. The maximum absolute atomic E-state index is 12.8. The van der Waals surface area contributed by atoms with Gasteiger partial charge in [-0.15, -0.1) is 0 Å². The summed E-state index contributed by atoms with van der Waals surface area (Å²) in [5.41, 5.74) is 1.15.